The third kappa shape index (κ3) is 3.89. The Labute approximate surface area is 151 Å². The van der Waals surface area contributed by atoms with Crippen LogP contribution in [0.1, 0.15) is 24.1 Å². The maximum Gasteiger partial charge on any atom is 0.0602 e. The fourth-order valence-corrected chi connectivity index (χ4v) is 3.50. The van der Waals surface area contributed by atoms with Crippen LogP contribution in [0.2, 0.25) is 10.0 Å². The summed E-state index contributed by atoms with van der Waals surface area (Å²) in [7, 11) is 0. The zero-order valence-electron chi connectivity index (χ0n) is 10.8. The van der Waals surface area contributed by atoms with Gasteiger partial charge in [-0.1, -0.05) is 46.1 Å². The quantitative estimate of drug-likeness (QED) is 0.520. The van der Waals surface area contributed by atoms with E-state index in [0.29, 0.717) is 5.02 Å². The largest absolute Gasteiger partial charge is 0.306 e. The highest BCUT2D eigenvalue weighted by atomic mass is 127. The van der Waals surface area contributed by atoms with Gasteiger partial charge in [0.05, 0.1) is 6.04 Å². The summed E-state index contributed by atoms with van der Waals surface area (Å²) in [4.78, 5) is 0. The smallest absolute Gasteiger partial charge is 0.0602 e. The van der Waals surface area contributed by atoms with Crippen molar-refractivity contribution in [2.24, 2.45) is 0 Å². The van der Waals surface area contributed by atoms with Gasteiger partial charge >= 0.3 is 0 Å². The van der Waals surface area contributed by atoms with Crippen molar-refractivity contribution in [3.8, 4) is 0 Å². The second-order valence-electron chi connectivity index (χ2n) is 4.32. The summed E-state index contributed by atoms with van der Waals surface area (Å²) in [6.07, 6.45) is 0. The topological polar surface area (TPSA) is 12.0 Å². The molecule has 1 nitrogen and oxygen atoms in total. The van der Waals surface area contributed by atoms with Gasteiger partial charge in [-0.25, -0.2) is 0 Å². The minimum atomic E-state index is 0.0237. The average Bonchev–Trinajstić information content (AvgIpc) is 2.42. The molecule has 0 heterocycles. The molecule has 0 aliphatic carbocycles. The molecule has 0 aliphatic rings. The molecule has 1 unspecified atom stereocenters. The molecule has 5 heteroatoms. The standard InChI is InChI=1S/C15H13BrCl2IN/c1-2-20-15(11-8-10(17)4-5-13(11)18)12-7-9(16)3-6-14(12)19/h3-8,15,20H,2H2,1H3. The lowest BCUT2D eigenvalue weighted by Gasteiger charge is -2.22. The summed E-state index contributed by atoms with van der Waals surface area (Å²) in [5.74, 6) is 0. The van der Waals surface area contributed by atoms with E-state index >= 15 is 0 Å². The van der Waals surface area contributed by atoms with Crippen LogP contribution in [-0.4, -0.2) is 6.54 Å². The number of hydrogen-bond donors (Lipinski definition) is 1. The summed E-state index contributed by atoms with van der Waals surface area (Å²) in [5, 5.41) is 4.89. The normalized spacial score (nSPS) is 12.4. The van der Waals surface area contributed by atoms with Crippen molar-refractivity contribution in [3.05, 3.63) is 65.6 Å². The third-order valence-corrected chi connectivity index (χ3v) is 5.00. The molecule has 0 bridgehead atoms. The van der Waals surface area contributed by atoms with Crippen LogP contribution in [0.3, 0.4) is 0 Å². The van der Waals surface area contributed by atoms with Crippen LogP contribution in [0.25, 0.3) is 0 Å². The Morgan fingerprint density at radius 2 is 1.90 bits per heavy atom. The van der Waals surface area contributed by atoms with Crippen LogP contribution in [0, 0.1) is 3.57 Å². The Kier molecular flexibility index (Phi) is 6.17. The van der Waals surface area contributed by atoms with E-state index in [0.717, 1.165) is 21.6 Å². The number of nitrogens with one attached hydrogen (secondary N) is 1. The predicted octanol–water partition coefficient (Wildman–Crippen LogP) is 6.06. The molecule has 0 fully saturated rings. The Bertz CT molecular complexity index is 567. The number of rotatable bonds is 4. The fourth-order valence-electron chi connectivity index (χ4n) is 2.06. The molecule has 0 saturated heterocycles. The Morgan fingerprint density at radius 1 is 1.15 bits per heavy atom. The number of benzene rings is 2. The summed E-state index contributed by atoms with van der Waals surface area (Å²) in [5.41, 5.74) is 2.18. The van der Waals surface area contributed by atoms with E-state index in [9.17, 15) is 0 Å². The van der Waals surface area contributed by atoms with Gasteiger partial charge in [0.25, 0.3) is 0 Å². The molecule has 106 valence electrons. The van der Waals surface area contributed by atoms with Crippen molar-refractivity contribution in [2.75, 3.05) is 6.54 Å². The van der Waals surface area contributed by atoms with E-state index in [1.165, 1.54) is 9.13 Å². The molecule has 0 aromatic heterocycles. The summed E-state index contributed by atoms with van der Waals surface area (Å²) in [6, 6.07) is 11.8. The fraction of sp³-hybridized carbons (Fsp3) is 0.200. The van der Waals surface area contributed by atoms with Crippen LogP contribution in [0.15, 0.2) is 40.9 Å². The lowest BCUT2D eigenvalue weighted by Crippen LogP contribution is -2.23. The highest BCUT2D eigenvalue weighted by Gasteiger charge is 2.19. The van der Waals surface area contributed by atoms with Crippen molar-refractivity contribution < 1.29 is 0 Å². The van der Waals surface area contributed by atoms with Gasteiger partial charge in [-0.15, -0.1) is 0 Å². The third-order valence-electron chi connectivity index (χ3n) is 2.95. The predicted molar refractivity (Wildman–Crippen MR) is 98.8 cm³/mol. The first kappa shape index (κ1) is 16.6. The second kappa shape index (κ2) is 7.45. The van der Waals surface area contributed by atoms with Crippen molar-refractivity contribution in [1.82, 2.24) is 5.32 Å². The number of halogens is 4. The monoisotopic (exact) mass is 483 g/mol. The average molecular weight is 485 g/mol. The molecule has 0 spiro atoms. The van der Waals surface area contributed by atoms with Gasteiger partial charge in [-0.3, -0.25) is 0 Å². The molecule has 0 aliphatic heterocycles. The summed E-state index contributed by atoms with van der Waals surface area (Å²) < 4.78 is 2.24. The van der Waals surface area contributed by atoms with E-state index in [-0.39, 0.29) is 6.04 Å². The second-order valence-corrected chi connectivity index (χ2v) is 7.24. The molecular formula is C15H13BrCl2IN. The van der Waals surface area contributed by atoms with Crippen LogP contribution in [0.4, 0.5) is 0 Å². The number of hydrogen-bond acceptors (Lipinski definition) is 1. The maximum atomic E-state index is 6.36. The van der Waals surface area contributed by atoms with Gasteiger partial charge in [0.2, 0.25) is 0 Å². The molecule has 2 aromatic rings. The van der Waals surface area contributed by atoms with Crippen LogP contribution >= 0.6 is 61.7 Å². The first-order valence-corrected chi connectivity index (χ1v) is 8.79. The molecule has 0 radical (unpaired) electrons. The Hall–Kier alpha value is 0.190. The lowest BCUT2D eigenvalue weighted by molar-refractivity contribution is 0.628. The van der Waals surface area contributed by atoms with Gasteiger partial charge in [0.15, 0.2) is 0 Å². The molecule has 0 saturated carbocycles. The first-order chi connectivity index (χ1) is 9.52. The molecule has 0 amide bonds. The molecular weight excluding hydrogens is 472 g/mol. The highest BCUT2D eigenvalue weighted by Crippen LogP contribution is 2.34. The summed E-state index contributed by atoms with van der Waals surface area (Å²) >= 11 is 18.4. The highest BCUT2D eigenvalue weighted by molar-refractivity contribution is 14.1. The van der Waals surface area contributed by atoms with E-state index in [2.05, 4.69) is 62.9 Å². The minimum absolute atomic E-state index is 0.0237. The molecule has 1 N–H and O–H groups in total. The van der Waals surface area contributed by atoms with E-state index < -0.39 is 0 Å². The van der Waals surface area contributed by atoms with E-state index in [1.807, 2.05) is 24.3 Å². The van der Waals surface area contributed by atoms with Gasteiger partial charge < -0.3 is 5.32 Å². The van der Waals surface area contributed by atoms with Crippen LogP contribution < -0.4 is 5.32 Å². The zero-order valence-corrected chi connectivity index (χ0v) is 16.0. The van der Waals surface area contributed by atoms with Crippen molar-refractivity contribution in [2.45, 2.75) is 13.0 Å². The van der Waals surface area contributed by atoms with Crippen molar-refractivity contribution in [1.29, 1.82) is 0 Å². The van der Waals surface area contributed by atoms with Crippen molar-refractivity contribution in [3.63, 3.8) is 0 Å². The molecule has 2 aromatic carbocycles. The SMILES string of the molecule is CCNC(c1cc(Cl)ccc1Cl)c1cc(Br)ccc1I. The van der Waals surface area contributed by atoms with Crippen LogP contribution in [0.5, 0.6) is 0 Å². The lowest BCUT2D eigenvalue weighted by atomic mass is 9.98. The van der Waals surface area contributed by atoms with Gasteiger partial charge in [-0.2, -0.15) is 0 Å². The Balaban J connectivity index is 2.55. The van der Waals surface area contributed by atoms with Gasteiger partial charge in [0.1, 0.15) is 0 Å². The van der Waals surface area contributed by atoms with Gasteiger partial charge in [-0.05, 0) is 76.7 Å². The molecule has 1 atom stereocenters. The van der Waals surface area contributed by atoms with E-state index in [4.69, 9.17) is 23.2 Å². The Morgan fingerprint density at radius 3 is 2.60 bits per heavy atom. The van der Waals surface area contributed by atoms with E-state index in [1.54, 1.807) is 0 Å². The van der Waals surface area contributed by atoms with Crippen molar-refractivity contribution >= 4 is 61.7 Å². The maximum absolute atomic E-state index is 6.36. The van der Waals surface area contributed by atoms with Crippen LogP contribution in [-0.2, 0) is 0 Å². The molecule has 20 heavy (non-hydrogen) atoms. The zero-order chi connectivity index (χ0) is 14.7. The van der Waals surface area contributed by atoms with Gasteiger partial charge in [0, 0.05) is 18.1 Å². The minimum Gasteiger partial charge on any atom is -0.306 e. The summed E-state index contributed by atoms with van der Waals surface area (Å²) in [6.45, 7) is 2.92. The first-order valence-electron chi connectivity index (χ1n) is 6.16. The molecule has 2 rings (SSSR count).